The second-order valence-electron chi connectivity index (χ2n) is 3.80. The lowest BCUT2D eigenvalue weighted by Gasteiger charge is -2.16. The quantitative estimate of drug-likeness (QED) is 0.352. The van der Waals surface area contributed by atoms with E-state index < -0.39 is 0 Å². The summed E-state index contributed by atoms with van der Waals surface area (Å²) in [6.07, 6.45) is 0.328. The number of benzene rings is 1. The molecule has 0 spiro atoms. The lowest BCUT2D eigenvalue weighted by Crippen LogP contribution is -2.30. The third-order valence-corrected chi connectivity index (χ3v) is 2.52. The smallest absolute Gasteiger partial charge is 0.253 e. The predicted molar refractivity (Wildman–Crippen MR) is 68.0 cm³/mol. The van der Waals surface area contributed by atoms with Gasteiger partial charge in [-0.05, 0) is 24.3 Å². The molecule has 0 heterocycles. The molecular weight excluding hydrogens is 234 g/mol. The molecule has 18 heavy (non-hydrogen) atoms. The maximum absolute atomic E-state index is 12.0. The molecule has 6 heteroatoms. The van der Waals surface area contributed by atoms with Crippen LogP contribution in [0.3, 0.4) is 0 Å². The average Bonchev–Trinajstić information content (AvgIpc) is 2.43. The average molecular weight is 251 g/mol. The van der Waals surface area contributed by atoms with Crippen LogP contribution in [-0.4, -0.2) is 42.6 Å². The molecule has 0 aliphatic carbocycles. The van der Waals surface area contributed by atoms with Gasteiger partial charge in [0.15, 0.2) is 0 Å². The van der Waals surface area contributed by atoms with E-state index in [-0.39, 0.29) is 11.7 Å². The topological polar surface area (TPSA) is 88.2 Å². The minimum Gasteiger partial charge on any atom is -0.497 e. The Hall–Kier alpha value is -2.24. The van der Waals surface area contributed by atoms with Crippen molar-refractivity contribution in [3.05, 3.63) is 29.8 Å². The molecule has 1 rings (SSSR count). The van der Waals surface area contributed by atoms with Crippen molar-refractivity contribution in [3.8, 4) is 5.75 Å². The molecule has 0 unspecified atom stereocenters. The first-order valence-electron chi connectivity index (χ1n) is 5.44. The van der Waals surface area contributed by atoms with Crippen LogP contribution in [0.25, 0.3) is 0 Å². The Bertz CT molecular complexity index is 429. The third kappa shape index (κ3) is 3.65. The molecular formula is C12H17N3O3. The Morgan fingerprint density at radius 2 is 2.06 bits per heavy atom. The van der Waals surface area contributed by atoms with Crippen LogP contribution in [0.2, 0.25) is 0 Å². The van der Waals surface area contributed by atoms with Gasteiger partial charge in [0.2, 0.25) is 0 Å². The minimum absolute atomic E-state index is 0.101. The van der Waals surface area contributed by atoms with Gasteiger partial charge in [0.25, 0.3) is 5.91 Å². The zero-order chi connectivity index (χ0) is 13.5. The Balaban J connectivity index is 2.62. The van der Waals surface area contributed by atoms with Crippen molar-refractivity contribution in [1.82, 2.24) is 4.90 Å². The van der Waals surface area contributed by atoms with E-state index in [1.54, 1.807) is 38.4 Å². The van der Waals surface area contributed by atoms with E-state index in [0.29, 0.717) is 24.3 Å². The van der Waals surface area contributed by atoms with Crippen molar-refractivity contribution in [2.75, 3.05) is 20.7 Å². The van der Waals surface area contributed by atoms with Crippen molar-refractivity contribution in [2.24, 2.45) is 10.9 Å². The number of oxime groups is 1. The van der Waals surface area contributed by atoms with E-state index in [4.69, 9.17) is 15.7 Å². The summed E-state index contributed by atoms with van der Waals surface area (Å²) < 4.78 is 5.02. The van der Waals surface area contributed by atoms with Crippen LogP contribution in [0.15, 0.2) is 29.4 Å². The third-order valence-electron chi connectivity index (χ3n) is 2.52. The predicted octanol–water partition coefficient (Wildman–Crippen LogP) is 0.904. The lowest BCUT2D eigenvalue weighted by atomic mass is 10.2. The van der Waals surface area contributed by atoms with E-state index in [9.17, 15) is 4.79 Å². The fourth-order valence-electron chi connectivity index (χ4n) is 1.39. The highest BCUT2D eigenvalue weighted by molar-refractivity contribution is 5.94. The number of nitrogens with zero attached hydrogens (tertiary/aromatic N) is 2. The largest absolute Gasteiger partial charge is 0.497 e. The zero-order valence-corrected chi connectivity index (χ0v) is 10.5. The second-order valence-corrected chi connectivity index (χ2v) is 3.80. The molecule has 1 aromatic rings. The van der Waals surface area contributed by atoms with Crippen molar-refractivity contribution < 1.29 is 14.7 Å². The van der Waals surface area contributed by atoms with Gasteiger partial charge in [-0.3, -0.25) is 4.79 Å². The number of methoxy groups -OCH3 is 1. The summed E-state index contributed by atoms with van der Waals surface area (Å²) >= 11 is 0. The van der Waals surface area contributed by atoms with Gasteiger partial charge >= 0.3 is 0 Å². The van der Waals surface area contributed by atoms with E-state index in [1.807, 2.05) is 0 Å². The van der Waals surface area contributed by atoms with Crippen molar-refractivity contribution in [1.29, 1.82) is 0 Å². The summed E-state index contributed by atoms with van der Waals surface area (Å²) in [5.41, 5.74) is 5.91. The van der Waals surface area contributed by atoms with Crippen LogP contribution in [0.4, 0.5) is 0 Å². The number of amidine groups is 1. The van der Waals surface area contributed by atoms with Gasteiger partial charge < -0.3 is 20.6 Å². The Labute approximate surface area is 106 Å². The van der Waals surface area contributed by atoms with Crippen LogP contribution >= 0.6 is 0 Å². The molecule has 1 aromatic carbocycles. The number of nitrogens with two attached hydrogens (primary N) is 1. The lowest BCUT2D eigenvalue weighted by molar-refractivity contribution is 0.0798. The first-order chi connectivity index (χ1) is 8.58. The van der Waals surface area contributed by atoms with Gasteiger partial charge in [0.1, 0.15) is 11.6 Å². The van der Waals surface area contributed by atoms with Crippen LogP contribution in [0, 0.1) is 0 Å². The number of carbonyl (C=O) groups excluding carboxylic acids is 1. The molecule has 0 saturated heterocycles. The fourth-order valence-corrected chi connectivity index (χ4v) is 1.39. The highest BCUT2D eigenvalue weighted by Gasteiger charge is 2.11. The van der Waals surface area contributed by atoms with E-state index in [0.717, 1.165) is 0 Å². The summed E-state index contributed by atoms with van der Waals surface area (Å²) in [7, 11) is 3.23. The monoisotopic (exact) mass is 251 g/mol. The molecule has 0 aliphatic heterocycles. The van der Waals surface area contributed by atoms with Crippen LogP contribution in [-0.2, 0) is 0 Å². The molecule has 0 radical (unpaired) electrons. The maximum Gasteiger partial charge on any atom is 0.253 e. The van der Waals surface area contributed by atoms with Gasteiger partial charge in [0.05, 0.1) is 7.11 Å². The van der Waals surface area contributed by atoms with Gasteiger partial charge in [0, 0.05) is 25.6 Å². The number of rotatable bonds is 5. The molecule has 0 fully saturated rings. The molecule has 1 amide bonds. The van der Waals surface area contributed by atoms with Crippen molar-refractivity contribution >= 4 is 11.7 Å². The fraction of sp³-hybridized carbons (Fsp3) is 0.333. The van der Waals surface area contributed by atoms with Gasteiger partial charge in [-0.2, -0.15) is 0 Å². The molecule has 0 bridgehead atoms. The zero-order valence-electron chi connectivity index (χ0n) is 10.5. The number of ether oxygens (including phenoxy) is 1. The molecule has 3 N–H and O–H groups in total. The summed E-state index contributed by atoms with van der Waals surface area (Å²) in [5, 5.41) is 11.3. The van der Waals surface area contributed by atoms with E-state index >= 15 is 0 Å². The standard InChI is InChI=1S/C12H17N3O3/c1-15(8-7-11(13)14-17)12(16)9-3-5-10(18-2)6-4-9/h3-6,17H,7-8H2,1-2H3,(H2,13,14). The molecule has 98 valence electrons. The molecule has 6 nitrogen and oxygen atoms in total. The molecule has 0 saturated carbocycles. The molecule has 0 atom stereocenters. The Morgan fingerprint density at radius 3 is 2.56 bits per heavy atom. The minimum atomic E-state index is -0.122. The van der Waals surface area contributed by atoms with Crippen molar-refractivity contribution in [2.45, 2.75) is 6.42 Å². The number of hydrogen-bond donors (Lipinski definition) is 2. The number of amides is 1. The first kappa shape index (κ1) is 13.8. The van der Waals surface area contributed by atoms with E-state index in [1.165, 1.54) is 4.90 Å². The summed E-state index contributed by atoms with van der Waals surface area (Å²) in [5.74, 6) is 0.679. The first-order valence-corrected chi connectivity index (χ1v) is 5.44. The van der Waals surface area contributed by atoms with E-state index in [2.05, 4.69) is 5.16 Å². The summed E-state index contributed by atoms with van der Waals surface area (Å²) in [6, 6.07) is 6.84. The molecule has 0 aromatic heterocycles. The SMILES string of the molecule is COc1ccc(C(=O)N(C)CC/C(N)=N/O)cc1. The Morgan fingerprint density at radius 1 is 1.44 bits per heavy atom. The maximum atomic E-state index is 12.0. The van der Waals surface area contributed by atoms with Gasteiger partial charge in [-0.25, -0.2) is 0 Å². The second kappa shape index (κ2) is 6.48. The number of hydrogen-bond acceptors (Lipinski definition) is 4. The van der Waals surface area contributed by atoms with Crippen LogP contribution in [0.5, 0.6) is 5.75 Å². The molecule has 0 aliphatic rings. The highest BCUT2D eigenvalue weighted by Crippen LogP contribution is 2.12. The Kier molecular flexibility index (Phi) is 4.98. The van der Waals surface area contributed by atoms with Crippen LogP contribution in [0.1, 0.15) is 16.8 Å². The van der Waals surface area contributed by atoms with Crippen molar-refractivity contribution in [3.63, 3.8) is 0 Å². The summed E-state index contributed by atoms with van der Waals surface area (Å²) in [6.45, 7) is 0.390. The highest BCUT2D eigenvalue weighted by atomic mass is 16.5. The normalized spacial score (nSPS) is 11.1. The van der Waals surface area contributed by atoms with Gasteiger partial charge in [-0.1, -0.05) is 5.16 Å². The number of carbonyl (C=O) groups is 1. The van der Waals surface area contributed by atoms with Gasteiger partial charge in [-0.15, -0.1) is 0 Å². The van der Waals surface area contributed by atoms with Crippen LogP contribution < -0.4 is 10.5 Å². The summed E-state index contributed by atoms with van der Waals surface area (Å²) in [4.78, 5) is 13.5.